The maximum absolute atomic E-state index is 13.9. The molecular weight excluding hydrogens is 461 g/mol. The van der Waals surface area contributed by atoms with Crippen molar-refractivity contribution >= 4 is 5.91 Å². The molecule has 2 aliphatic heterocycles. The Hall–Kier alpha value is -1.75. The van der Waals surface area contributed by atoms with Gasteiger partial charge in [0, 0.05) is 57.2 Å². The first-order valence-electron chi connectivity index (χ1n) is 12.7. The van der Waals surface area contributed by atoms with E-state index in [1.165, 1.54) is 0 Å². The second kappa shape index (κ2) is 11.1. The van der Waals surface area contributed by atoms with E-state index in [9.17, 15) is 18.0 Å². The molecule has 0 bridgehead atoms. The molecule has 1 saturated heterocycles. The summed E-state index contributed by atoms with van der Waals surface area (Å²) in [5.74, 6) is 0.0529. The predicted octanol–water partition coefficient (Wildman–Crippen LogP) is 3.05. The zero-order chi connectivity index (χ0) is 25.1. The van der Waals surface area contributed by atoms with E-state index < -0.39 is 17.2 Å². The zero-order valence-electron chi connectivity index (χ0n) is 20.4. The van der Waals surface area contributed by atoms with E-state index in [0.717, 1.165) is 50.8 Å². The SMILES string of the molecule is CO[C@@H]1COCC[C@@H]1N[C@@H]1CC[C@](CCCCN)(C(=O)N2CCc3ncc(C(F)(F)F)cc3C2)C1. The molecule has 4 atom stereocenters. The van der Waals surface area contributed by atoms with Crippen LogP contribution < -0.4 is 11.1 Å². The first-order valence-corrected chi connectivity index (χ1v) is 12.7. The van der Waals surface area contributed by atoms with E-state index in [4.69, 9.17) is 15.2 Å². The average molecular weight is 499 g/mol. The molecule has 7 nitrogen and oxygen atoms in total. The van der Waals surface area contributed by atoms with Crippen LogP contribution in [0.25, 0.3) is 0 Å². The fourth-order valence-corrected chi connectivity index (χ4v) is 5.93. The van der Waals surface area contributed by atoms with Gasteiger partial charge in [-0.25, -0.2) is 0 Å². The van der Waals surface area contributed by atoms with Crippen molar-refractivity contribution < 1.29 is 27.4 Å². The van der Waals surface area contributed by atoms with Gasteiger partial charge in [-0.3, -0.25) is 9.78 Å². The smallest absolute Gasteiger partial charge is 0.379 e. The number of methoxy groups -OCH3 is 1. The Bertz CT molecular complexity index is 884. The van der Waals surface area contributed by atoms with Crippen LogP contribution in [0.4, 0.5) is 13.2 Å². The number of nitrogens with zero attached hydrogens (tertiary/aromatic N) is 2. The van der Waals surface area contributed by atoms with Gasteiger partial charge >= 0.3 is 6.18 Å². The minimum absolute atomic E-state index is 0.0133. The second-order valence-corrected chi connectivity index (χ2v) is 10.2. The number of nitrogens with one attached hydrogen (secondary N) is 1. The minimum Gasteiger partial charge on any atom is -0.379 e. The molecule has 3 aliphatic rings. The van der Waals surface area contributed by atoms with E-state index in [-0.39, 0.29) is 30.6 Å². The fraction of sp³-hybridized carbons (Fsp3) is 0.760. The van der Waals surface area contributed by atoms with E-state index in [1.807, 2.05) is 0 Å². The van der Waals surface area contributed by atoms with Crippen LogP contribution in [-0.4, -0.2) is 67.4 Å². The van der Waals surface area contributed by atoms with Gasteiger partial charge in [0.15, 0.2) is 0 Å². The molecular formula is C25H37F3N4O3. The molecule has 1 amide bonds. The number of fused-ring (bicyclic) bond motifs is 1. The molecule has 35 heavy (non-hydrogen) atoms. The summed E-state index contributed by atoms with van der Waals surface area (Å²) in [5, 5.41) is 3.73. The normalized spacial score (nSPS) is 29.3. The number of halogens is 3. The lowest BCUT2D eigenvalue weighted by atomic mass is 9.78. The molecule has 1 aromatic rings. The summed E-state index contributed by atoms with van der Waals surface area (Å²) in [4.78, 5) is 19.7. The van der Waals surface area contributed by atoms with Gasteiger partial charge in [-0.05, 0) is 56.7 Å². The predicted molar refractivity (Wildman–Crippen MR) is 124 cm³/mol. The van der Waals surface area contributed by atoms with E-state index in [2.05, 4.69) is 10.3 Å². The Kier molecular flexibility index (Phi) is 8.35. The van der Waals surface area contributed by atoms with Crippen LogP contribution in [0.2, 0.25) is 0 Å². The lowest BCUT2D eigenvalue weighted by Gasteiger charge is -2.38. The topological polar surface area (TPSA) is 89.7 Å². The number of nitrogens with two attached hydrogens (primary N) is 1. The van der Waals surface area contributed by atoms with E-state index in [0.29, 0.717) is 50.4 Å². The van der Waals surface area contributed by atoms with E-state index >= 15 is 0 Å². The summed E-state index contributed by atoms with van der Waals surface area (Å²) in [6, 6.07) is 1.52. The molecule has 3 heterocycles. The molecule has 1 aliphatic carbocycles. The molecule has 10 heteroatoms. The highest BCUT2D eigenvalue weighted by atomic mass is 19.4. The van der Waals surface area contributed by atoms with Gasteiger partial charge in [0.1, 0.15) is 0 Å². The van der Waals surface area contributed by atoms with Crippen LogP contribution in [-0.2, 0) is 33.4 Å². The van der Waals surface area contributed by atoms with Gasteiger partial charge in [0.2, 0.25) is 5.91 Å². The summed E-state index contributed by atoms with van der Waals surface area (Å²) in [6.45, 7) is 2.47. The molecule has 0 spiro atoms. The second-order valence-electron chi connectivity index (χ2n) is 10.2. The summed E-state index contributed by atoms with van der Waals surface area (Å²) in [6.07, 6.45) is 2.57. The van der Waals surface area contributed by atoms with Crippen molar-refractivity contribution in [2.45, 2.75) is 82.3 Å². The van der Waals surface area contributed by atoms with Crippen LogP contribution in [0.5, 0.6) is 0 Å². The van der Waals surface area contributed by atoms with Gasteiger partial charge in [0.05, 0.1) is 23.7 Å². The van der Waals surface area contributed by atoms with Crippen molar-refractivity contribution in [3.05, 3.63) is 29.1 Å². The maximum atomic E-state index is 13.9. The van der Waals surface area contributed by atoms with Crippen molar-refractivity contribution in [1.82, 2.24) is 15.2 Å². The molecule has 4 rings (SSSR count). The lowest BCUT2D eigenvalue weighted by molar-refractivity contribution is -0.143. The summed E-state index contributed by atoms with van der Waals surface area (Å²) >= 11 is 0. The summed E-state index contributed by atoms with van der Waals surface area (Å²) in [5.41, 5.74) is 5.58. The third-order valence-electron chi connectivity index (χ3n) is 7.88. The molecule has 196 valence electrons. The number of carbonyl (C=O) groups excluding carboxylic acids is 1. The maximum Gasteiger partial charge on any atom is 0.417 e. The van der Waals surface area contributed by atoms with Crippen molar-refractivity contribution in [1.29, 1.82) is 0 Å². The molecule has 1 aromatic heterocycles. The van der Waals surface area contributed by atoms with Crippen molar-refractivity contribution in [2.75, 3.05) is 33.4 Å². The Morgan fingerprint density at radius 2 is 2.20 bits per heavy atom. The quantitative estimate of drug-likeness (QED) is 0.536. The molecule has 0 radical (unpaired) electrons. The number of unbranched alkanes of at least 4 members (excludes halogenated alkanes) is 1. The third-order valence-corrected chi connectivity index (χ3v) is 7.88. The van der Waals surface area contributed by atoms with Crippen LogP contribution in [0.1, 0.15) is 61.8 Å². The monoisotopic (exact) mass is 498 g/mol. The highest BCUT2D eigenvalue weighted by molar-refractivity contribution is 5.83. The summed E-state index contributed by atoms with van der Waals surface area (Å²) < 4.78 is 50.8. The number of aromatic nitrogens is 1. The Morgan fingerprint density at radius 1 is 1.37 bits per heavy atom. The summed E-state index contributed by atoms with van der Waals surface area (Å²) in [7, 11) is 1.69. The number of hydrogen-bond donors (Lipinski definition) is 2. The first kappa shape index (κ1) is 26.3. The Balaban J connectivity index is 1.48. The van der Waals surface area contributed by atoms with Crippen molar-refractivity contribution in [2.24, 2.45) is 11.1 Å². The number of amides is 1. The molecule has 0 unspecified atom stereocenters. The van der Waals surface area contributed by atoms with Crippen LogP contribution >= 0.6 is 0 Å². The van der Waals surface area contributed by atoms with Gasteiger partial charge in [-0.1, -0.05) is 6.42 Å². The Labute approximate surface area is 204 Å². The van der Waals surface area contributed by atoms with E-state index in [1.54, 1.807) is 12.0 Å². The van der Waals surface area contributed by atoms with Gasteiger partial charge in [-0.15, -0.1) is 0 Å². The zero-order valence-corrected chi connectivity index (χ0v) is 20.4. The molecule has 1 saturated carbocycles. The van der Waals surface area contributed by atoms with Crippen molar-refractivity contribution in [3.63, 3.8) is 0 Å². The first-order chi connectivity index (χ1) is 16.8. The highest BCUT2D eigenvalue weighted by Crippen LogP contribution is 2.45. The molecule has 2 fully saturated rings. The van der Waals surface area contributed by atoms with Crippen LogP contribution in [0.3, 0.4) is 0 Å². The largest absolute Gasteiger partial charge is 0.417 e. The van der Waals surface area contributed by atoms with Gasteiger partial charge in [-0.2, -0.15) is 13.2 Å². The molecule has 3 N–H and O–H groups in total. The third kappa shape index (κ3) is 5.98. The number of ether oxygens (including phenoxy) is 2. The number of rotatable bonds is 8. The van der Waals surface area contributed by atoms with Crippen LogP contribution in [0, 0.1) is 5.41 Å². The minimum atomic E-state index is -4.45. The van der Waals surface area contributed by atoms with Gasteiger partial charge in [0.25, 0.3) is 0 Å². The number of alkyl halides is 3. The lowest BCUT2D eigenvalue weighted by Crippen LogP contribution is -2.51. The number of carbonyl (C=O) groups is 1. The van der Waals surface area contributed by atoms with Gasteiger partial charge < -0.3 is 25.4 Å². The Morgan fingerprint density at radius 3 is 2.94 bits per heavy atom. The average Bonchev–Trinajstić information content (AvgIpc) is 3.26. The number of hydrogen-bond acceptors (Lipinski definition) is 6. The fourth-order valence-electron chi connectivity index (χ4n) is 5.93. The van der Waals surface area contributed by atoms with Crippen LogP contribution in [0.15, 0.2) is 12.3 Å². The van der Waals surface area contributed by atoms with Crippen molar-refractivity contribution in [3.8, 4) is 0 Å². The molecule has 0 aromatic carbocycles. The highest BCUT2D eigenvalue weighted by Gasteiger charge is 2.48. The standard InChI is InChI=1S/C25H37F3N4O3/c1-34-22-16-35-11-6-21(22)31-19-4-8-24(13-19,7-2-3-9-29)23(33)32-10-5-20-17(15-32)12-18(14-30-20)25(26,27)28/h12,14,19,21-22,31H,2-11,13,15-16,29H2,1H3/t19-,21+,22-,24+/m1/s1. The number of pyridine rings is 1.